The topological polar surface area (TPSA) is 87.1 Å². The lowest BCUT2D eigenvalue weighted by atomic mass is 10.2. The summed E-state index contributed by atoms with van der Waals surface area (Å²) in [6.45, 7) is -0.266. The number of amides is 1. The number of carbonyl (C=O) groups is 2. The van der Waals surface area contributed by atoms with Crippen molar-refractivity contribution in [2.75, 3.05) is 11.4 Å². The number of anilines is 1. The average molecular weight is 258 g/mol. The van der Waals surface area contributed by atoms with Gasteiger partial charge in [0.2, 0.25) is 6.10 Å². The van der Waals surface area contributed by atoms with Crippen LogP contribution >= 0.6 is 11.6 Å². The normalized spacial score (nSPS) is 18.2. The summed E-state index contributed by atoms with van der Waals surface area (Å²) < 4.78 is 5.17. The Morgan fingerprint density at radius 2 is 2.12 bits per heavy atom. The zero-order chi connectivity index (χ0) is 12.6. The number of hydrogen-bond acceptors (Lipinski definition) is 3. The molecule has 2 N–H and O–H groups in total. The van der Waals surface area contributed by atoms with Crippen molar-refractivity contribution in [2.45, 2.75) is 6.10 Å². The fourth-order valence-corrected chi connectivity index (χ4v) is 1.73. The molecule has 0 saturated heterocycles. The average Bonchev–Trinajstić information content (AvgIpc) is 2.27. The lowest BCUT2D eigenvalue weighted by Gasteiger charge is -2.31. The van der Waals surface area contributed by atoms with Crippen molar-refractivity contribution in [3.05, 3.63) is 23.2 Å². The Kier molecular flexibility index (Phi) is 2.81. The molecule has 1 atom stereocenters. The van der Waals surface area contributed by atoms with Gasteiger partial charge in [-0.3, -0.25) is 4.90 Å². The molecule has 0 aliphatic carbocycles. The largest absolute Gasteiger partial charge is 0.478 e. The number of carboxylic acids is 1. The van der Waals surface area contributed by atoms with E-state index in [4.69, 9.17) is 26.6 Å². The summed E-state index contributed by atoms with van der Waals surface area (Å²) in [4.78, 5) is 22.8. The van der Waals surface area contributed by atoms with Crippen molar-refractivity contribution in [1.29, 1.82) is 0 Å². The SMILES string of the molecule is O=C(O)C1CN(C(=O)O)c2cc(Cl)ccc2O1. The van der Waals surface area contributed by atoms with E-state index in [0.29, 0.717) is 5.02 Å². The molecule has 0 fully saturated rings. The Balaban J connectivity index is 2.45. The van der Waals surface area contributed by atoms with Crippen molar-refractivity contribution >= 4 is 29.4 Å². The first kappa shape index (κ1) is 11.5. The number of benzene rings is 1. The smallest absolute Gasteiger partial charge is 0.412 e. The molecule has 1 aromatic rings. The van der Waals surface area contributed by atoms with E-state index in [1.54, 1.807) is 0 Å². The second-order valence-corrected chi connectivity index (χ2v) is 3.89. The lowest BCUT2D eigenvalue weighted by molar-refractivity contribution is -0.144. The number of ether oxygens (including phenoxy) is 1. The minimum Gasteiger partial charge on any atom is -0.478 e. The molecule has 1 aliphatic rings. The molecule has 0 bridgehead atoms. The Hall–Kier alpha value is -1.95. The maximum Gasteiger partial charge on any atom is 0.412 e. The van der Waals surface area contributed by atoms with Gasteiger partial charge in [0.1, 0.15) is 5.75 Å². The van der Waals surface area contributed by atoms with Crippen molar-refractivity contribution in [3.63, 3.8) is 0 Å². The van der Waals surface area contributed by atoms with E-state index in [1.165, 1.54) is 18.2 Å². The van der Waals surface area contributed by atoms with Crippen molar-refractivity contribution in [3.8, 4) is 5.75 Å². The van der Waals surface area contributed by atoms with Crippen LogP contribution in [0.5, 0.6) is 5.75 Å². The molecule has 2 rings (SSSR count). The summed E-state index contributed by atoms with van der Waals surface area (Å²) in [6.07, 6.45) is -2.46. The predicted octanol–water partition coefficient (Wildman–Crippen LogP) is 1.67. The van der Waals surface area contributed by atoms with Crippen LogP contribution in [0.3, 0.4) is 0 Å². The van der Waals surface area contributed by atoms with Gasteiger partial charge in [-0.25, -0.2) is 9.59 Å². The molecule has 90 valence electrons. The van der Waals surface area contributed by atoms with Crippen LogP contribution in [0, 0.1) is 0 Å². The zero-order valence-electron chi connectivity index (χ0n) is 8.46. The number of aliphatic carboxylic acids is 1. The Morgan fingerprint density at radius 1 is 1.41 bits per heavy atom. The molecular formula is C10H8ClNO5. The first-order valence-electron chi connectivity index (χ1n) is 4.68. The van der Waals surface area contributed by atoms with E-state index in [-0.39, 0.29) is 18.0 Å². The Morgan fingerprint density at radius 3 is 2.71 bits per heavy atom. The molecule has 1 unspecified atom stereocenters. The monoisotopic (exact) mass is 257 g/mol. The van der Waals surface area contributed by atoms with Crippen LogP contribution in [0.15, 0.2) is 18.2 Å². The number of halogens is 1. The third-order valence-corrected chi connectivity index (χ3v) is 2.57. The highest BCUT2D eigenvalue weighted by atomic mass is 35.5. The molecule has 1 aromatic carbocycles. The van der Waals surface area contributed by atoms with Gasteiger partial charge < -0.3 is 14.9 Å². The second-order valence-electron chi connectivity index (χ2n) is 3.45. The van der Waals surface area contributed by atoms with Crippen molar-refractivity contribution in [1.82, 2.24) is 0 Å². The number of hydrogen-bond donors (Lipinski definition) is 2. The van der Waals surface area contributed by atoms with Gasteiger partial charge in [-0.15, -0.1) is 0 Å². The fourth-order valence-electron chi connectivity index (χ4n) is 1.57. The summed E-state index contributed by atoms with van der Waals surface area (Å²) >= 11 is 5.75. The molecule has 6 nitrogen and oxygen atoms in total. The Labute approximate surface area is 101 Å². The van der Waals surface area contributed by atoms with Crippen LogP contribution in [0.4, 0.5) is 10.5 Å². The summed E-state index contributed by atoms with van der Waals surface area (Å²) in [7, 11) is 0. The number of rotatable bonds is 1. The van der Waals surface area contributed by atoms with Crippen molar-refractivity contribution < 1.29 is 24.5 Å². The van der Waals surface area contributed by atoms with E-state index in [9.17, 15) is 9.59 Å². The quantitative estimate of drug-likeness (QED) is 0.799. The van der Waals surface area contributed by atoms with Crippen molar-refractivity contribution in [2.24, 2.45) is 0 Å². The molecule has 0 spiro atoms. The number of carboxylic acid groups (broad SMARTS) is 2. The van der Waals surface area contributed by atoms with Crippen LogP contribution in [-0.2, 0) is 4.79 Å². The van der Waals surface area contributed by atoms with E-state index >= 15 is 0 Å². The highest BCUT2D eigenvalue weighted by Gasteiger charge is 2.33. The van der Waals surface area contributed by atoms with Gasteiger partial charge in [0.05, 0.1) is 12.2 Å². The van der Waals surface area contributed by atoms with Gasteiger partial charge in [-0.2, -0.15) is 0 Å². The predicted molar refractivity (Wildman–Crippen MR) is 58.9 cm³/mol. The Bertz CT molecular complexity index is 490. The summed E-state index contributed by atoms with van der Waals surface area (Å²) in [5.41, 5.74) is 0.252. The van der Waals surface area contributed by atoms with Crippen LogP contribution < -0.4 is 9.64 Å². The first-order chi connectivity index (χ1) is 7.99. The highest BCUT2D eigenvalue weighted by Crippen LogP contribution is 2.35. The lowest BCUT2D eigenvalue weighted by Crippen LogP contribution is -2.46. The highest BCUT2D eigenvalue weighted by molar-refractivity contribution is 6.31. The molecule has 0 aromatic heterocycles. The van der Waals surface area contributed by atoms with Crippen LogP contribution in [0.2, 0.25) is 5.02 Å². The minimum atomic E-state index is -1.25. The van der Waals surface area contributed by atoms with Crippen LogP contribution in [0.25, 0.3) is 0 Å². The van der Waals surface area contributed by atoms with Gasteiger partial charge in [-0.05, 0) is 18.2 Å². The van der Waals surface area contributed by atoms with Crippen LogP contribution in [0.1, 0.15) is 0 Å². The van der Waals surface area contributed by atoms with Crippen LogP contribution in [-0.4, -0.2) is 34.9 Å². The molecule has 17 heavy (non-hydrogen) atoms. The second kappa shape index (κ2) is 4.14. The van der Waals surface area contributed by atoms with E-state index in [2.05, 4.69) is 0 Å². The number of fused-ring (bicyclic) bond motifs is 1. The first-order valence-corrected chi connectivity index (χ1v) is 5.06. The van der Waals surface area contributed by atoms with E-state index in [1.807, 2.05) is 0 Å². The number of nitrogens with zero attached hydrogens (tertiary/aromatic N) is 1. The molecule has 0 saturated carbocycles. The molecule has 7 heteroatoms. The molecule has 1 heterocycles. The standard InChI is InChI=1S/C10H8ClNO5/c11-5-1-2-7-6(3-5)12(10(15)16)4-8(17-7)9(13)14/h1-3,8H,4H2,(H,13,14)(H,15,16). The fraction of sp³-hybridized carbons (Fsp3) is 0.200. The molecule has 1 amide bonds. The van der Waals surface area contributed by atoms with Gasteiger partial charge in [0, 0.05) is 5.02 Å². The molecular weight excluding hydrogens is 250 g/mol. The third-order valence-electron chi connectivity index (χ3n) is 2.34. The van der Waals surface area contributed by atoms with E-state index in [0.717, 1.165) is 4.90 Å². The minimum absolute atomic E-state index is 0.190. The maximum absolute atomic E-state index is 11.0. The van der Waals surface area contributed by atoms with Gasteiger partial charge >= 0.3 is 12.1 Å². The van der Waals surface area contributed by atoms with Gasteiger partial charge in [0.25, 0.3) is 0 Å². The molecule has 0 radical (unpaired) electrons. The third kappa shape index (κ3) is 2.12. The summed E-state index contributed by atoms with van der Waals surface area (Å²) in [5.74, 6) is -1.02. The van der Waals surface area contributed by atoms with Gasteiger partial charge in [-0.1, -0.05) is 11.6 Å². The summed E-state index contributed by atoms with van der Waals surface area (Å²) in [6, 6.07) is 4.37. The summed E-state index contributed by atoms with van der Waals surface area (Å²) in [5, 5.41) is 18.2. The van der Waals surface area contributed by atoms with Gasteiger partial charge in [0.15, 0.2) is 0 Å². The maximum atomic E-state index is 11.0. The zero-order valence-corrected chi connectivity index (χ0v) is 9.22. The molecule has 1 aliphatic heterocycles. The van der Waals surface area contributed by atoms with E-state index < -0.39 is 18.2 Å².